The van der Waals surface area contributed by atoms with Gasteiger partial charge in [0.2, 0.25) is 0 Å². The first kappa shape index (κ1) is 16.9. The largest absolute Gasteiger partial charge is 0.500 e. The van der Waals surface area contributed by atoms with Gasteiger partial charge in [-0.15, -0.1) is 0 Å². The van der Waals surface area contributed by atoms with Crippen LogP contribution in [-0.4, -0.2) is 35.2 Å². The van der Waals surface area contributed by atoms with Gasteiger partial charge in [0.05, 0.1) is 18.8 Å². The Labute approximate surface area is 132 Å². The minimum Gasteiger partial charge on any atom is -0.500 e. The number of hydrogen-bond acceptors (Lipinski definition) is 4. The molecule has 5 nitrogen and oxygen atoms in total. The number of carbonyl (C=O) groups excluding carboxylic acids is 1. The van der Waals surface area contributed by atoms with E-state index < -0.39 is 29.7 Å². The van der Waals surface area contributed by atoms with Crippen LogP contribution in [0.25, 0.3) is 0 Å². The van der Waals surface area contributed by atoms with E-state index in [1.807, 2.05) is 0 Å². The van der Waals surface area contributed by atoms with Crippen LogP contribution in [-0.2, 0) is 9.53 Å². The van der Waals surface area contributed by atoms with Gasteiger partial charge in [0.15, 0.2) is 5.57 Å². The monoisotopic (exact) mass is 322 g/mol. The number of aliphatic hydroxyl groups is 1. The zero-order chi connectivity index (χ0) is 17.0. The van der Waals surface area contributed by atoms with Crippen molar-refractivity contribution in [3.8, 4) is 6.07 Å². The molecule has 1 saturated heterocycles. The molecule has 1 amide bonds. The Hall–Kier alpha value is -2.46. The molecule has 2 rings (SSSR count). The van der Waals surface area contributed by atoms with Crippen molar-refractivity contribution in [1.29, 1.82) is 5.26 Å². The number of likely N-dealkylation sites (tertiary alicyclic amines) is 1. The second-order valence-electron chi connectivity index (χ2n) is 5.13. The Morgan fingerprint density at radius 2 is 2.30 bits per heavy atom. The second kappa shape index (κ2) is 7.20. The fourth-order valence-electron chi connectivity index (χ4n) is 2.55. The quantitative estimate of drug-likeness (QED) is 0.523. The molecule has 2 unspecified atom stereocenters. The summed E-state index contributed by atoms with van der Waals surface area (Å²) in [5.74, 6) is -2.00. The topological polar surface area (TPSA) is 73.6 Å². The minimum atomic E-state index is -0.876. The van der Waals surface area contributed by atoms with Crippen molar-refractivity contribution in [3.63, 3.8) is 0 Å². The summed E-state index contributed by atoms with van der Waals surface area (Å²) in [6.45, 7) is 1.91. The van der Waals surface area contributed by atoms with Crippen LogP contribution in [0.4, 0.5) is 8.78 Å². The van der Waals surface area contributed by atoms with Crippen molar-refractivity contribution in [2.75, 3.05) is 13.2 Å². The van der Waals surface area contributed by atoms with E-state index in [4.69, 9.17) is 10.00 Å². The average Bonchev–Trinajstić information content (AvgIpc) is 2.92. The van der Waals surface area contributed by atoms with Crippen LogP contribution in [0, 0.1) is 23.0 Å². The molecule has 2 atom stereocenters. The lowest BCUT2D eigenvalue weighted by molar-refractivity contribution is -0.128. The summed E-state index contributed by atoms with van der Waals surface area (Å²) < 4.78 is 32.3. The number of nitrogens with zero attached hydrogens (tertiary/aromatic N) is 2. The molecule has 0 saturated carbocycles. The lowest BCUT2D eigenvalue weighted by Crippen LogP contribution is -2.33. The van der Waals surface area contributed by atoms with Crippen LogP contribution in [0.5, 0.6) is 0 Å². The highest BCUT2D eigenvalue weighted by atomic mass is 19.1. The summed E-state index contributed by atoms with van der Waals surface area (Å²) >= 11 is 0. The summed E-state index contributed by atoms with van der Waals surface area (Å²) in [6.07, 6.45) is 0.226. The summed E-state index contributed by atoms with van der Waals surface area (Å²) in [4.78, 5) is 13.6. The fourth-order valence-corrected chi connectivity index (χ4v) is 2.55. The van der Waals surface area contributed by atoms with E-state index in [0.29, 0.717) is 0 Å². The van der Waals surface area contributed by atoms with Gasteiger partial charge in [-0.3, -0.25) is 4.79 Å². The molecule has 0 radical (unpaired) electrons. The van der Waals surface area contributed by atoms with Gasteiger partial charge >= 0.3 is 0 Å². The molecule has 1 heterocycles. The molecule has 23 heavy (non-hydrogen) atoms. The Kier molecular flexibility index (Phi) is 5.29. The van der Waals surface area contributed by atoms with E-state index >= 15 is 0 Å². The molecule has 0 aliphatic carbocycles. The highest BCUT2D eigenvalue weighted by molar-refractivity contribution is 5.97. The van der Waals surface area contributed by atoms with E-state index in [1.165, 1.54) is 0 Å². The van der Waals surface area contributed by atoms with Gasteiger partial charge in [0.25, 0.3) is 5.91 Å². The van der Waals surface area contributed by atoms with Crippen LogP contribution in [0.15, 0.2) is 30.0 Å². The Bertz CT molecular complexity index is 670. The SMILES string of the molecule is CCO/C=C(/C#N)C(=O)N1CC(O)CC1c1cc(F)ccc1F. The molecular formula is C16H16F2N2O3. The Morgan fingerprint density at radius 3 is 2.96 bits per heavy atom. The maximum atomic E-state index is 14.0. The third kappa shape index (κ3) is 3.66. The number of carbonyl (C=O) groups is 1. The Balaban J connectivity index is 2.35. The number of benzene rings is 1. The molecule has 122 valence electrons. The maximum absolute atomic E-state index is 14.0. The number of halogens is 2. The van der Waals surface area contributed by atoms with Gasteiger partial charge < -0.3 is 14.7 Å². The zero-order valence-corrected chi connectivity index (χ0v) is 12.5. The lowest BCUT2D eigenvalue weighted by atomic mass is 10.0. The fraction of sp³-hybridized carbons (Fsp3) is 0.375. The molecule has 1 N–H and O–H groups in total. The van der Waals surface area contributed by atoms with Crippen LogP contribution in [0.2, 0.25) is 0 Å². The van der Waals surface area contributed by atoms with Crippen molar-refractivity contribution in [1.82, 2.24) is 4.90 Å². The predicted molar refractivity (Wildman–Crippen MR) is 76.8 cm³/mol. The summed E-state index contributed by atoms with van der Waals surface area (Å²) in [5.41, 5.74) is -0.286. The van der Waals surface area contributed by atoms with Gasteiger partial charge in [-0.05, 0) is 31.5 Å². The molecule has 0 aromatic heterocycles. The van der Waals surface area contributed by atoms with Crippen LogP contribution >= 0.6 is 0 Å². The van der Waals surface area contributed by atoms with E-state index in [9.17, 15) is 18.7 Å². The van der Waals surface area contributed by atoms with Gasteiger partial charge in [-0.25, -0.2) is 8.78 Å². The molecular weight excluding hydrogens is 306 g/mol. The van der Waals surface area contributed by atoms with Crippen molar-refractivity contribution in [3.05, 3.63) is 47.2 Å². The van der Waals surface area contributed by atoms with Crippen molar-refractivity contribution in [2.45, 2.75) is 25.5 Å². The number of rotatable bonds is 4. The number of aliphatic hydroxyl groups excluding tert-OH is 1. The highest BCUT2D eigenvalue weighted by Gasteiger charge is 2.38. The van der Waals surface area contributed by atoms with Crippen molar-refractivity contribution in [2.24, 2.45) is 0 Å². The number of hydrogen-bond donors (Lipinski definition) is 1. The van der Waals surface area contributed by atoms with Gasteiger partial charge in [0, 0.05) is 12.1 Å². The smallest absolute Gasteiger partial charge is 0.268 e. The molecule has 1 aliphatic rings. The second-order valence-corrected chi connectivity index (χ2v) is 5.13. The average molecular weight is 322 g/mol. The molecule has 1 fully saturated rings. The first-order valence-electron chi connectivity index (χ1n) is 7.13. The number of amides is 1. The van der Waals surface area contributed by atoms with Crippen LogP contribution < -0.4 is 0 Å². The van der Waals surface area contributed by atoms with E-state index in [0.717, 1.165) is 29.4 Å². The normalized spacial score (nSPS) is 21.2. The maximum Gasteiger partial charge on any atom is 0.268 e. The highest BCUT2D eigenvalue weighted by Crippen LogP contribution is 2.34. The zero-order valence-electron chi connectivity index (χ0n) is 12.5. The molecule has 0 bridgehead atoms. The summed E-state index contributed by atoms with van der Waals surface area (Å²) in [5, 5.41) is 18.9. The van der Waals surface area contributed by atoms with E-state index in [-0.39, 0.29) is 30.7 Å². The molecule has 1 aliphatic heterocycles. The third-order valence-corrected chi connectivity index (χ3v) is 3.58. The third-order valence-electron chi connectivity index (χ3n) is 3.58. The molecule has 1 aromatic carbocycles. The van der Waals surface area contributed by atoms with Crippen LogP contribution in [0.1, 0.15) is 24.9 Å². The van der Waals surface area contributed by atoms with Gasteiger partial charge in [-0.2, -0.15) is 5.26 Å². The first-order valence-corrected chi connectivity index (χ1v) is 7.13. The van der Waals surface area contributed by atoms with Crippen molar-refractivity contribution >= 4 is 5.91 Å². The summed E-state index contributed by atoms with van der Waals surface area (Å²) in [7, 11) is 0. The minimum absolute atomic E-state index is 0.0244. The predicted octanol–water partition coefficient (Wildman–Crippen LogP) is 2.04. The molecule has 1 aromatic rings. The number of β-amino-alcohol motifs (C(OH)–C–C–N with tert-alkyl or cyclic N) is 1. The first-order chi connectivity index (χ1) is 11.0. The van der Waals surface area contributed by atoms with E-state index in [1.54, 1.807) is 13.0 Å². The number of nitriles is 1. The van der Waals surface area contributed by atoms with Crippen LogP contribution in [0.3, 0.4) is 0 Å². The lowest BCUT2D eigenvalue weighted by Gasteiger charge is -2.24. The van der Waals surface area contributed by atoms with Gasteiger partial charge in [0.1, 0.15) is 24.0 Å². The summed E-state index contributed by atoms with van der Waals surface area (Å²) in [6, 6.07) is 3.83. The van der Waals surface area contributed by atoms with E-state index in [2.05, 4.69) is 0 Å². The molecule has 0 spiro atoms. The standard InChI is InChI=1S/C16H16F2N2O3/c1-2-23-9-10(7-19)16(22)20-8-12(21)6-15(20)13-5-11(17)3-4-14(13)18/h3-5,9,12,15,21H,2,6,8H2,1H3/b10-9-. The van der Waals surface area contributed by atoms with Crippen molar-refractivity contribution < 1.29 is 23.4 Å². The van der Waals surface area contributed by atoms with Gasteiger partial charge in [-0.1, -0.05) is 0 Å². The number of ether oxygens (including phenoxy) is 1. The Morgan fingerprint density at radius 1 is 1.57 bits per heavy atom. The molecule has 7 heteroatoms.